The molecule has 0 aromatic carbocycles. The summed E-state index contributed by atoms with van der Waals surface area (Å²) >= 11 is 0. The van der Waals surface area contributed by atoms with E-state index in [1.54, 1.807) is 27.9 Å². The first-order valence-electron chi connectivity index (χ1n) is 18.7. The largest absolute Gasteiger partial charge is 0.501 e. The van der Waals surface area contributed by atoms with E-state index in [2.05, 4.69) is 39.0 Å². The highest BCUT2D eigenvalue weighted by Crippen LogP contribution is 2.55. The van der Waals surface area contributed by atoms with Crippen molar-refractivity contribution in [2.45, 2.75) is 183 Å². The van der Waals surface area contributed by atoms with Crippen LogP contribution in [0, 0.1) is 34.0 Å². The molecule has 6 nitrogen and oxygen atoms in total. The Kier molecular flexibility index (Phi) is 21.0. The Hall–Kier alpha value is -2.19. The van der Waals surface area contributed by atoms with E-state index in [1.807, 2.05) is 20.8 Å². The van der Waals surface area contributed by atoms with Crippen LogP contribution in [0.1, 0.15) is 154 Å². The van der Waals surface area contributed by atoms with Gasteiger partial charge in [0.25, 0.3) is 5.60 Å². The molecule has 3 rings (SSSR count). The first kappa shape index (κ1) is 54.9. The summed E-state index contributed by atoms with van der Waals surface area (Å²) in [6, 6.07) is 0. The predicted octanol–water partition coefficient (Wildman–Crippen LogP) is 12.7. The zero-order valence-corrected chi connectivity index (χ0v) is 34.0. The number of carbonyl (C=O) groups excluding carboxylic acids is 2. The molecule has 328 valence electrons. The molecule has 0 spiro atoms. The second-order valence-electron chi connectivity index (χ2n) is 17.1. The highest BCUT2D eigenvalue weighted by molar-refractivity contribution is 5.76. The summed E-state index contributed by atoms with van der Waals surface area (Å²) in [5.74, 6) is -0.504. The Morgan fingerprint density at radius 1 is 0.745 bits per heavy atom. The standard InChI is InChI=1S/C12H22O2.C11H14F6O.C8H13F3O2.C8H16O.CH4/c1-5-11(2,3)10(13)14-12(4)8-6-7-9-12;12-10(13,14)9(18,11(15,16)17)5-8-4-6-1-2-7(8)3-6;1-4-7(2,3)6(12)13-5-8(9,10)11;1-6-8(3,4)7(2)9-5;/h5-9H2,1-4H3;6-8,18H,1-5H2;4-5H2,1-3H3;2,6H2,1,3-5H3;1H4. The van der Waals surface area contributed by atoms with Crippen LogP contribution >= 0.6 is 0 Å². The third-order valence-corrected chi connectivity index (χ3v) is 11.5. The molecule has 0 heterocycles. The second-order valence-corrected chi connectivity index (χ2v) is 17.1. The normalized spacial score (nSPS) is 21.0. The number of methoxy groups -OCH3 is 1. The fourth-order valence-corrected chi connectivity index (χ4v) is 6.09. The first-order chi connectivity index (χ1) is 24.2. The van der Waals surface area contributed by atoms with Gasteiger partial charge < -0.3 is 19.3 Å². The molecule has 15 heteroatoms. The SMILES string of the molecule is C.C=C(OC)C(C)(C)CC.CCC(C)(C)C(=O)OC1(C)CCCC1.CCC(C)(C)C(=O)OCC(F)(F)F.OC(CC1CC2CCC1C2)(C(F)(F)F)C(F)(F)F. The molecule has 0 aromatic heterocycles. The van der Waals surface area contributed by atoms with Crippen molar-refractivity contribution in [1.29, 1.82) is 0 Å². The molecular weight excluding hydrogens is 747 g/mol. The van der Waals surface area contributed by atoms with Gasteiger partial charge in [-0.2, -0.15) is 39.5 Å². The minimum absolute atomic E-state index is 0. The Morgan fingerprint density at radius 3 is 1.49 bits per heavy atom. The molecule has 3 atom stereocenters. The summed E-state index contributed by atoms with van der Waals surface area (Å²) in [5, 5.41) is 9.12. The van der Waals surface area contributed by atoms with Crippen LogP contribution in [0.2, 0.25) is 0 Å². The summed E-state index contributed by atoms with van der Waals surface area (Å²) in [4.78, 5) is 22.9. The second kappa shape index (κ2) is 21.0. The number of fused-ring (bicyclic) bond motifs is 2. The van der Waals surface area contributed by atoms with E-state index in [9.17, 15) is 49.1 Å². The van der Waals surface area contributed by atoms with Gasteiger partial charge in [-0.15, -0.1) is 0 Å². The third-order valence-electron chi connectivity index (χ3n) is 11.5. The van der Waals surface area contributed by atoms with Crippen molar-refractivity contribution < 1.29 is 68.4 Å². The molecule has 55 heavy (non-hydrogen) atoms. The molecule has 0 amide bonds. The molecule has 0 radical (unpaired) electrons. The smallest absolute Gasteiger partial charge is 0.426 e. The van der Waals surface area contributed by atoms with Crippen molar-refractivity contribution in [3.8, 4) is 0 Å². The van der Waals surface area contributed by atoms with E-state index in [0.29, 0.717) is 25.7 Å². The number of alkyl halides is 9. The van der Waals surface area contributed by atoms with Crippen molar-refractivity contribution in [3.63, 3.8) is 0 Å². The van der Waals surface area contributed by atoms with Crippen LogP contribution in [0.25, 0.3) is 0 Å². The lowest BCUT2D eigenvalue weighted by atomic mass is 9.79. The molecule has 3 saturated carbocycles. The van der Waals surface area contributed by atoms with Crippen LogP contribution < -0.4 is 0 Å². The fraction of sp³-hybridized carbons (Fsp3) is 0.900. The van der Waals surface area contributed by atoms with Gasteiger partial charge in [0, 0.05) is 5.41 Å². The van der Waals surface area contributed by atoms with Gasteiger partial charge in [-0.3, -0.25) is 9.59 Å². The molecule has 0 saturated heterocycles. The van der Waals surface area contributed by atoms with Gasteiger partial charge >= 0.3 is 30.5 Å². The lowest BCUT2D eigenvalue weighted by molar-refractivity contribution is -0.373. The highest BCUT2D eigenvalue weighted by atomic mass is 19.4. The maximum Gasteiger partial charge on any atom is 0.426 e. The van der Waals surface area contributed by atoms with E-state index >= 15 is 0 Å². The molecular formula is C40H69F9O6. The number of aliphatic hydroxyl groups is 1. The van der Waals surface area contributed by atoms with E-state index in [4.69, 9.17) is 14.6 Å². The summed E-state index contributed by atoms with van der Waals surface area (Å²) in [6.45, 7) is 21.5. The molecule has 0 aliphatic heterocycles. The lowest BCUT2D eigenvalue weighted by Crippen LogP contribution is -2.58. The van der Waals surface area contributed by atoms with E-state index in [0.717, 1.165) is 37.9 Å². The molecule has 2 bridgehead atoms. The molecule has 3 fully saturated rings. The van der Waals surface area contributed by atoms with Crippen molar-refractivity contribution >= 4 is 11.9 Å². The number of carbonyl (C=O) groups is 2. The van der Waals surface area contributed by atoms with Crippen molar-refractivity contribution in [3.05, 3.63) is 12.3 Å². The number of hydrogen-bond acceptors (Lipinski definition) is 6. The van der Waals surface area contributed by atoms with Crippen molar-refractivity contribution in [1.82, 2.24) is 0 Å². The van der Waals surface area contributed by atoms with E-state index < -0.39 is 54.5 Å². The average Bonchev–Trinajstić information content (AvgIpc) is 3.80. The van der Waals surface area contributed by atoms with Gasteiger partial charge in [0.15, 0.2) is 6.61 Å². The average molecular weight is 817 g/mol. The van der Waals surface area contributed by atoms with Gasteiger partial charge in [-0.1, -0.05) is 55.0 Å². The van der Waals surface area contributed by atoms with Crippen LogP contribution in [0.4, 0.5) is 39.5 Å². The molecule has 1 N–H and O–H groups in total. The van der Waals surface area contributed by atoms with Crippen LogP contribution in [0.5, 0.6) is 0 Å². The van der Waals surface area contributed by atoms with E-state index in [-0.39, 0.29) is 41.7 Å². The number of esters is 2. The zero-order chi connectivity index (χ0) is 42.8. The van der Waals surface area contributed by atoms with Crippen LogP contribution in [0.15, 0.2) is 12.3 Å². The number of hydrogen-bond donors (Lipinski definition) is 1. The summed E-state index contributed by atoms with van der Waals surface area (Å²) in [6.07, 6.45) is -7.61. The summed E-state index contributed by atoms with van der Waals surface area (Å²) in [7, 11) is 1.67. The Labute approximate surface area is 323 Å². The van der Waals surface area contributed by atoms with E-state index in [1.165, 1.54) is 12.8 Å². The fourth-order valence-electron chi connectivity index (χ4n) is 6.09. The highest BCUT2D eigenvalue weighted by Gasteiger charge is 2.71. The minimum atomic E-state index is -5.67. The molecule has 3 aliphatic carbocycles. The van der Waals surface area contributed by atoms with Crippen LogP contribution in [0.3, 0.4) is 0 Å². The van der Waals surface area contributed by atoms with Crippen LogP contribution in [-0.4, -0.2) is 60.5 Å². The van der Waals surface area contributed by atoms with Crippen molar-refractivity contribution in [2.75, 3.05) is 13.7 Å². The zero-order valence-electron chi connectivity index (χ0n) is 34.0. The van der Waals surface area contributed by atoms with Crippen LogP contribution in [-0.2, 0) is 23.8 Å². The quantitative estimate of drug-likeness (QED) is 0.127. The summed E-state index contributed by atoms with van der Waals surface area (Å²) in [5.41, 5.74) is -5.77. The van der Waals surface area contributed by atoms with Gasteiger partial charge in [0.2, 0.25) is 0 Å². The number of allylic oxidation sites excluding steroid dienone is 1. The summed E-state index contributed by atoms with van der Waals surface area (Å²) < 4.78 is 125. The van der Waals surface area contributed by atoms with Gasteiger partial charge in [-0.25, -0.2) is 0 Å². The topological polar surface area (TPSA) is 82.1 Å². The maximum absolute atomic E-state index is 12.5. The molecule has 3 unspecified atom stereocenters. The number of ether oxygens (including phenoxy) is 3. The molecule has 3 aliphatic rings. The van der Waals surface area contributed by atoms with Crippen molar-refractivity contribution in [2.24, 2.45) is 34.0 Å². The third kappa shape index (κ3) is 17.1. The Bertz CT molecular complexity index is 1170. The first-order valence-corrected chi connectivity index (χ1v) is 18.7. The maximum atomic E-state index is 12.5. The van der Waals surface area contributed by atoms with Gasteiger partial charge in [0.1, 0.15) is 5.60 Å². The Morgan fingerprint density at radius 2 is 1.18 bits per heavy atom. The van der Waals surface area contributed by atoms with Gasteiger partial charge in [0.05, 0.1) is 23.7 Å². The minimum Gasteiger partial charge on any atom is -0.501 e. The lowest BCUT2D eigenvalue weighted by Gasteiger charge is -2.36. The monoisotopic (exact) mass is 816 g/mol. The predicted molar refractivity (Wildman–Crippen MR) is 196 cm³/mol. The Balaban J connectivity index is 0. The number of rotatable bonds is 11. The number of halogens is 9. The molecule has 0 aromatic rings. The van der Waals surface area contributed by atoms with Gasteiger partial charge in [-0.05, 0) is 123 Å².